The molecule has 0 saturated heterocycles. The van der Waals surface area contributed by atoms with E-state index in [-0.39, 0.29) is 34.0 Å². The van der Waals surface area contributed by atoms with Gasteiger partial charge in [0.15, 0.2) is 5.76 Å². The van der Waals surface area contributed by atoms with Crippen molar-refractivity contribution in [3.63, 3.8) is 0 Å². The molecule has 6 heteroatoms. The third-order valence-electron chi connectivity index (χ3n) is 3.23. The van der Waals surface area contributed by atoms with Gasteiger partial charge in [-0.25, -0.2) is 0 Å². The van der Waals surface area contributed by atoms with Gasteiger partial charge >= 0.3 is 0 Å². The lowest BCUT2D eigenvalue weighted by atomic mass is 10.1. The molecule has 112 valence electrons. The highest BCUT2D eigenvalue weighted by atomic mass is 79.9. The van der Waals surface area contributed by atoms with Crippen LogP contribution >= 0.6 is 15.9 Å². The highest BCUT2D eigenvalue weighted by molar-refractivity contribution is 9.10. The Labute approximate surface area is 133 Å². The van der Waals surface area contributed by atoms with Crippen LogP contribution in [0.5, 0.6) is 17.2 Å². The van der Waals surface area contributed by atoms with Gasteiger partial charge < -0.3 is 19.4 Å². The monoisotopic (exact) mass is 362 g/mol. The average molecular weight is 363 g/mol. The van der Waals surface area contributed by atoms with E-state index in [1.165, 1.54) is 13.2 Å². The lowest BCUT2D eigenvalue weighted by Crippen LogP contribution is -2.07. The predicted octanol–water partition coefficient (Wildman–Crippen LogP) is 3.64. The summed E-state index contributed by atoms with van der Waals surface area (Å²) in [6.07, 6.45) is 0. The van der Waals surface area contributed by atoms with E-state index < -0.39 is 5.43 Å². The first kappa shape index (κ1) is 14.5. The molecule has 0 amide bonds. The van der Waals surface area contributed by atoms with Crippen molar-refractivity contribution in [1.82, 2.24) is 0 Å². The zero-order valence-corrected chi connectivity index (χ0v) is 13.0. The summed E-state index contributed by atoms with van der Waals surface area (Å²) in [7, 11) is 1.36. The van der Waals surface area contributed by atoms with Gasteiger partial charge in [-0.05, 0) is 24.3 Å². The molecule has 1 heterocycles. The number of methoxy groups -OCH3 is 1. The molecule has 5 nitrogen and oxygen atoms in total. The topological polar surface area (TPSA) is 79.9 Å². The number of hydrogen-bond donors (Lipinski definition) is 2. The summed E-state index contributed by atoms with van der Waals surface area (Å²) < 4.78 is 11.7. The largest absolute Gasteiger partial charge is 0.508 e. The van der Waals surface area contributed by atoms with Crippen LogP contribution in [-0.2, 0) is 0 Å². The van der Waals surface area contributed by atoms with Crippen LogP contribution in [-0.4, -0.2) is 17.3 Å². The van der Waals surface area contributed by atoms with Crippen LogP contribution < -0.4 is 10.2 Å². The Morgan fingerprint density at radius 1 is 1.14 bits per heavy atom. The number of halogens is 1. The second-order valence-corrected chi connectivity index (χ2v) is 5.55. The van der Waals surface area contributed by atoms with Gasteiger partial charge in [0.25, 0.3) is 0 Å². The number of phenols is 2. The van der Waals surface area contributed by atoms with Gasteiger partial charge in [-0.15, -0.1) is 0 Å². The number of phenolic OH excluding ortho intramolecular Hbond substituents is 2. The van der Waals surface area contributed by atoms with Gasteiger partial charge in [-0.1, -0.05) is 15.9 Å². The van der Waals surface area contributed by atoms with Crippen LogP contribution in [0, 0.1) is 0 Å². The van der Waals surface area contributed by atoms with Gasteiger partial charge in [0, 0.05) is 22.2 Å². The number of aromatic hydroxyl groups is 2. The molecule has 2 N–H and O–H groups in total. The minimum absolute atomic E-state index is 0.00388. The fraction of sp³-hybridized carbons (Fsp3) is 0.0625. The minimum Gasteiger partial charge on any atom is -0.508 e. The van der Waals surface area contributed by atoms with Crippen LogP contribution in [0.15, 0.2) is 50.1 Å². The van der Waals surface area contributed by atoms with Crippen molar-refractivity contribution in [2.75, 3.05) is 7.11 Å². The van der Waals surface area contributed by atoms with Crippen LogP contribution in [0.2, 0.25) is 0 Å². The van der Waals surface area contributed by atoms with Gasteiger partial charge in [0.05, 0.1) is 7.11 Å². The minimum atomic E-state index is -0.501. The first-order valence-electron chi connectivity index (χ1n) is 6.34. The molecule has 3 aromatic rings. The summed E-state index contributed by atoms with van der Waals surface area (Å²) in [5.41, 5.74) is 0.224. The number of benzene rings is 2. The van der Waals surface area contributed by atoms with E-state index in [2.05, 4.69) is 15.9 Å². The van der Waals surface area contributed by atoms with Crippen LogP contribution in [0.25, 0.3) is 22.3 Å². The van der Waals surface area contributed by atoms with E-state index in [1.807, 2.05) is 0 Å². The molecule has 1 aromatic heterocycles. The third-order valence-corrected chi connectivity index (χ3v) is 3.76. The standard InChI is InChI=1S/C16H11BrO5/c1-21-16-14(20)13-11(19)6-10(18)7-12(13)22-15(16)8-2-4-9(17)5-3-8/h2-7,18-19H,1H3. The first-order valence-corrected chi connectivity index (χ1v) is 7.13. The molecule has 0 aliphatic carbocycles. The normalized spacial score (nSPS) is 10.8. The molecular weight excluding hydrogens is 352 g/mol. The molecule has 0 aliphatic rings. The molecule has 0 aliphatic heterocycles. The maximum Gasteiger partial charge on any atom is 0.239 e. The van der Waals surface area contributed by atoms with Gasteiger partial charge in [-0.3, -0.25) is 4.79 Å². The molecule has 22 heavy (non-hydrogen) atoms. The summed E-state index contributed by atoms with van der Waals surface area (Å²) in [5, 5.41) is 19.4. The lowest BCUT2D eigenvalue weighted by molar-refractivity contribution is 0.397. The van der Waals surface area contributed by atoms with Crippen LogP contribution in [0.4, 0.5) is 0 Å². The summed E-state index contributed by atoms with van der Waals surface area (Å²) in [6, 6.07) is 9.49. The smallest absolute Gasteiger partial charge is 0.239 e. The van der Waals surface area contributed by atoms with Crippen LogP contribution in [0.1, 0.15) is 0 Å². The zero-order chi connectivity index (χ0) is 15.9. The molecular formula is C16H11BrO5. The van der Waals surface area contributed by atoms with Crippen molar-refractivity contribution < 1.29 is 19.4 Å². The average Bonchev–Trinajstić information content (AvgIpc) is 2.47. The summed E-state index contributed by atoms with van der Waals surface area (Å²) >= 11 is 3.34. The Balaban J connectivity index is 2.40. The maximum absolute atomic E-state index is 12.5. The second kappa shape index (κ2) is 5.38. The number of ether oxygens (including phenoxy) is 1. The molecule has 0 spiro atoms. The third kappa shape index (κ3) is 2.31. The fourth-order valence-corrected chi connectivity index (χ4v) is 2.51. The predicted molar refractivity (Wildman–Crippen MR) is 85.5 cm³/mol. The van der Waals surface area contributed by atoms with Gasteiger partial charge in [0.1, 0.15) is 22.5 Å². The van der Waals surface area contributed by atoms with E-state index in [0.717, 1.165) is 10.5 Å². The van der Waals surface area contributed by atoms with Crippen molar-refractivity contribution >= 4 is 26.9 Å². The van der Waals surface area contributed by atoms with E-state index >= 15 is 0 Å². The molecule has 0 unspecified atom stereocenters. The van der Waals surface area contributed by atoms with Crippen molar-refractivity contribution in [3.8, 4) is 28.6 Å². The van der Waals surface area contributed by atoms with Gasteiger partial charge in [0.2, 0.25) is 11.2 Å². The quantitative estimate of drug-likeness (QED) is 0.727. The molecule has 0 bridgehead atoms. The van der Waals surface area contributed by atoms with E-state index in [9.17, 15) is 15.0 Å². The molecule has 2 aromatic carbocycles. The molecule has 0 atom stereocenters. The van der Waals surface area contributed by atoms with Crippen molar-refractivity contribution in [2.24, 2.45) is 0 Å². The van der Waals surface area contributed by atoms with Crippen LogP contribution in [0.3, 0.4) is 0 Å². The molecule has 0 saturated carbocycles. The van der Waals surface area contributed by atoms with Crippen molar-refractivity contribution in [2.45, 2.75) is 0 Å². The molecule has 0 fully saturated rings. The summed E-state index contributed by atoms with van der Waals surface area (Å²) in [4.78, 5) is 12.5. The van der Waals surface area contributed by atoms with E-state index in [1.54, 1.807) is 24.3 Å². The lowest BCUT2D eigenvalue weighted by Gasteiger charge is -2.10. The van der Waals surface area contributed by atoms with Crippen molar-refractivity contribution in [1.29, 1.82) is 0 Å². The Morgan fingerprint density at radius 2 is 1.82 bits per heavy atom. The maximum atomic E-state index is 12.5. The number of rotatable bonds is 2. The molecule has 3 rings (SSSR count). The fourth-order valence-electron chi connectivity index (χ4n) is 2.24. The Bertz CT molecular complexity index is 912. The van der Waals surface area contributed by atoms with E-state index in [4.69, 9.17) is 9.15 Å². The highest BCUT2D eigenvalue weighted by Crippen LogP contribution is 2.35. The highest BCUT2D eigenvalue weighted by Gasteiger charge is 2.19. The Morgan fingerprint density at radius 3 is 2.45 bits per heavy atom. The second-order valence-electron chi connectivity index (χ2n) is 4.64. The van der Waals surface area contributed by atoms with Gasteiger partial charge in [-0.2, -0.15) is 0 Å². The molecule has 0 radical (unpaired) electrons. The van der Waals surface area contributed by atoms with E-state index in [0.29, 0.717) is 5.56 Å². The number of hydrogen-bond acceptors (Lipinski definition) is 5. The summed E-state index contributed by atoms with van der Waals surface area (Å²) in [6.45, 7) is 0. The Kier molecular flexibility index (Phi) is 3.54. The number of fused-ring (bicyclic) bond motifs is 1. The first-order chi connectivity index (χ1) is 10.5. The SMILES string of the molecule is COc1c(-c2ccc(Br)cc2)oc2cc(O)cc(O)c2c1=O. The summed E-state index contributed by atoms with van der Waals surface area (Å²) in [5.74, 6) is -0.321. The van der Waals surface area contributed by atoms with Crippen molar-refractivity contribution in [3.05, 3.63) is 51.1 Å². The zero-order valence-electron chi connectivity index (χ0n) is 11.5. The Hall–Kier alpha value is -2.47.